The summed E-state index contributed by atoms with van der Waals surface area (Å²) in [6, 6.07) is 0.239. The minimum absolute atomic E-state index is 0.00136. The summed E-state index contributed by atoms with van der Waals surface area (Å²) in [6.07, 6.45) is 12.7. The Morgan fingerprint density at radius 2 is 1.84 bits per heavy atom. The number of hydrogen-bond acceptors (Lipinski definition) is 4. The molecule has 4 saturated carbocycles. The minimum Gasteiger partial charge on any atom is -0.457 e. The maximum absolute atomic E-state index is 12.5. The average molecular weight is 426 g/mol. The molecule has 0 radical (unpaired) electrons. The molecule has 8 atom stereocenters. The first-order valence-electron chi connectivity index (χ1n) is 12.9. The molecule has 0 aromatic heterocycles. The van der Waals surface area contributed by atoms with Crippen molar-refractivity contribution in [2.75, 3.05) is 7.05 Å². The number of ketones is 1. The van der Waals surface area contributed by atoms with Crippen molar-refractivity contribution in [2.45, 2.75) is 96.6 Å². The molecule has 6 rings (SSSR count). The van der Waals surface area contributed by atoms with E-state index in [4.69, 9.17) is 4.74 Å². The van der Waals surface area contributed by atoms with Crippen molar-refractivity contribution in [2.24, 2.45) is 39.9 Å². The molecule has 5 aliphatic carbocycles. The van der Waals surface area contributed by atoms with Gasteiger partial charge in [0.2, 0.25) is 0 Å². The van der Waals surface area contributed by atoms with Crippen molar-refractivity contribution in [1.29, 1.82) is 0 Å². The maximum atomic E-state index is 12.5. The number of carbonyl (C=O) groups is 2. The van der Waals surface area contributed by atoms with Gasteiger partial charge < -0.3 is 10.1 Å². The smallest absolute Gasteiger partial charge is 0.306 e. The van der Waals surface area contributed by atoms with E-state index in [9.17, 15) is 9.59 Å². The maximum Gasteiger partial charge on any atom is 0.306 e. The van der Waals surface area contributed by atoms with Crippen LogP contribution in [-0.4, -0.2) is 30.4 Å². The number of fused-ring (bicyclic) bond motifs is 7. The molecule has 5 fully saturated rings. The highest BCUT2D eigenvalue weighted by atomic mass is 16.6. The van der Waals surface area contributed by atoms with E-state index in [-0.39, 0.29) is 33.9 Å². The van der Waals surface area contributed by atoms with E-state index < -0.39 is 0 Å². The molecule has 1 saturated heterocycles. The highest BCUT2D eigenvalue weighted by Crippen LogP contribution is 2.75. The van der Waals surface area contributed by atoms with Crippen LogP contribution in [0.1, 0.15) is 85.0 Å². The Hall–Kier alpha value is -1.16. The van der Waals surface area contributed by atoms with E-state index in [0.717, 1.165) is 25.7 Å². The molecule has 1 N–H and O–H groups in total. The van der Waals surface area contributed by atoms with Crippen molar-refractivity contribution in [1.82, 2.24) is 5.32 Å². The first kappa shape index (κ1) is 20.4. The largest absolute Gasteiger partial charge is 0.457 e. The second kappa shape index (κ2) is 6.24. The molecule has 2 spiro atoms. The van der Waals surface area contributed by atoms with Gasteiger partial charge in [-0.2, -0.15) is 0 Å². The molecule has 0 amide bonds. The fourth-order valence-electron chi connectivity index (χ4n) is 10.5. The van der Waals surface area contributed by atoms with Crippen molar-refractivity contribution in [3.8, 4) is 0 Å². The molecule has 1 aliphatic heterocycles. The molecular formula is C27H39NO3. The van der Waals surface area contributed by atoms with Crippen LogP contribution in [0.2, 0.25) is 0 Å². The summed E-state index contributed by atoms with van der Waals surface area (Å²) in [6.45, 7) is 7.40. The van der Waals surface area contributed by atoms with E-state index in [1.807, 2.05) is 0 Å². The third-order valence-corrected chi connectivity index (χ3v) is 11.7. The number of carbonyl (C=O) groups excluding carboxylic acids is 2. The molecule has 8 unspecified atom stereocenters. The first-order chi connectivity index (χ1) is 14.7. The van der Waals surface area contributed by atoms with Crippen LogP contribution >= 0.6 is 0 Å². The zero-order valence-electron chi connectivity index (χ0n) is 19.8. The Kier molecular flexibility index (Phi) is 4.12. The predicted molar refractivity (Wildman–Crippen MR) is 119 cm³/mol. The lowest BCUT2D eigenvalue weighted by molar-refractivity contribution is -0.175. The van der Waals surface area contributed by atoms with Gasteiger partial charge in [0.1, 0.15) is 5.60 Å². The summed E-state index contributed by atoms with van der Waals surface area (Å²) in [4.78, 5) is 24.9. The van der Waals surface area contributed by atoms with Crippen LogP contribution in [-0.2, 0) is 14.3 Å². The van der Waals surface area contributed by atoms with Gasteiger partial charge in [-0.3, -0.25) is 9.59 Å². The molecular weight excluding hydrogens is 386 g/mol. The summed E-state index contributed by atoms with van der Waals surface area (Å²) in [5.74, 6) is 2.74. The lowest BCUT2D eigenvalue weighted by Crippen LogP contribution is -2.60. The standard InChI is InChI=1S/C27H39NO3/c1-16-22-18-15-26(9-5-10-26)20-14-17(29)6-11-24(20,2)19(18)7-12-25(22,3)27(23(16)28-4)13-8-21(30)31-27/h14,16,18-19,22-23,28H,5-13,15H2,1-4H3. The quantitative estimate of drug-likeness (QED) is 0.612. The summed E-state index contributed by atoms with van der Waals surface area (Å²) in [7, 11) is 2.07. The number of ether oxygens (including phenoxy) is 1. The average Bonchev–Trinajstić information content (AvgIpc) is 3.17. The Labute approximate surface area is 186 Å². The van der Waals surface area contributed by atoms with Crippen LogP contribution in [0.25, 0.3) is 0 Å². The van der Waals surface area contributed by atoms with Crippen LogP contribution in [0.5, 0.6) is 0 Å². The van der Waals surface area contributed by atoms with E-state index in [1.165, 1.54) is 37.7 Å². The molecule has 4 heteroatoms. The predicted octanol–water partition coefficient (Wildman–Crippen LogP) is 4.82. The highest BCUT2D eigenvalue weighted by molar-refractivity contribution is 5.92. The third-order valence-electron chi connectivity index (χ3n) is 11.7. The van der Waals surface area contributed by atoms with Gasteiger partial charge in [-0.15, -0.1) is 0 Å². The van der Waals surface area contributed by atoms with Gasteiger partial charge >= 0.3 is 5.97 Å². The van der Waals surface area contributed by atoms with Gasteiger partial charge in [0.05, 0.1) is 6.04 Å². The first-order valence-corrected chi connectivity index (χ1v) is 12.9. The van der Waals surface area contributed by atoms with Crippen LogP contribution in [0, 0.1) is 39.9 Å². The lowest BCUT2D eigenvalue weighted by atomic mass is 9.38. The number of hydrogen-bond donors (Lipinski definition) is 1. The fourth-order valence-corrected chi connectivity index (χ4v) is 10.5. The van der Waals surface area contributed by atoms with Crippen LogP contribution < -0.4 is 5.32 Å². The molecule has 170 valence electrons. The summed E-state index contributed by atoms with van der Waals surface area (Å²) in [5.41, 5.74) is 1.67. The Bertz CT molecular complexity index is 874. The zero-order valence-corrected chi connectivity index (χ0v) is 19.8. The van der Waals surface area contributed by atoms with E-state index in [1.54, 1.807) is 0 Å². The van der Waals surface area contributed by atoms with Crippen molar-refractivity contribution < 1.29 is 14.3 Å². The van der Waals surface area contributed by atoms with Gasteiger partial charge in [-0.25, -0.2) is 0 Å². The second-order valence-electron chi connectivity index (χ2n) is 12.5. The van der Waals surface area contributed by atoms with Crippen molar-refractivity contribution in [3.63, 3.8) is 0 Å². The van der Waals surface area contributed by atoms with Gasteiger partial charge in [0.15, 0.2) is 5.78 Å². The van der Waals surface area contributed by atoms with Crippen LogP contribution in [0.3, 0.4) is 0 Å². The Morgan fingerprint density at radius 1 is 1.06 bits per heavy atom. The van der Waals surface area contributed by atoms with E-state index in [0.29, 0.717) is 35.9 Å². The van der Waals surface area contributed by atoms with E-state index in [2.05, 4.69) is 39.2 Å². The van der Waals surface area contributed by atoms with Crippen LogP contribution in [0.4, 0.5) is 0 Å². The van der Waals surface area contributed by atoms with Gasteiger partial charge in [0, 0.05) is 18.3 Å². The summed E-state index contributed by atoms with van der Waals surface area (Å²) < 4.78 is 6.32. The molecule has 6 aliphatic rings. The van der Waals surface area contributed by atoms with Crippen LogP contribution in [0.15, 0.2) is 11.6 Å². The zero-order chi connectivity index (χ0) is 21.8. The normalized spacial score (nSPS) is 52.3. The van der Waals surface area contributed by atoms with Gasteiger partial charge in [-0.05, 0) is 92.6 Å². The highest BCUT2D eigenvalue weighted by Gasteiger charge is 2.74. The Morgan fingerprint density at radius 3 is 2.45 bits per heavy atom. The van der Waals surface area contributed by atoms with Crippen molar-refractivity contribution >= 4 is 11.8 Å². The third kappa shape index (κ3) is 2.26. The second-order valence-corrected chi connectivity index (χ2v) is 12.5. The van der Waals surface area contributed by atoms with Gasteiger partial charge in [0.25, 0.3) is 0 Å². The molecule has 0 aromatic carbocycles. The molecule has 0 bridgehead atoms. The summed E-state index contributed by atoms with van der Waals surface area (Å²) in [5, 5.41) is 3.63. The fraction of sp³-hybridized carbons (Fsp3) is 0.852. The SMILES string of the molecule is CNC1C(C)C2C3CC4(CCC4)C4=CC(=O)CCC4(C)C3CCC2(C)C12CCC(=O)O2. The van der Waals surface area contributed by atoms with Crippen molar-refractivity contribution in [3.05, 3.63) is 11.6 Å². The monoisotopic (exact) mass is 425 g/mol. The van der Waals surface area contributed by atoms with E-state index >= 15 is 0 Å². The van der Waals surface area contributed by atoms with Gasteiger partial charge in [-0.1, -0.05) is 32.8 Å². The Balaban J connectivity index is 1.47. The molecule has 31 heavy (non-hydrogen) atoms. The topological polar surface area (TPSA) is 55.4 Å². The number of esters is 1. The number of allylic oxidation sites excluding steroid dienone is 1. The summed E-state index contributed by atoms with van der Waals surface area (Å²) >= 11 is 0. The molecule has 0 aromatic rings. The number of likely N-dealkylation sites (N-methyl/N-ethyl adjacent to an activating group) is 1. The number of nitrogens with one attached hydrogen (secondary N) is 1. The minimum atomic E-state index is -0.347. The molecule has 1 heterocycles. The lowest BCUT2D eigenvalue weighted by Gasteiger charge is -2.66. The number of rotatable bonds is 1. The molecule has 4 nitrogen and oxygen atoms in total.